The van der Waals surface area contributed by atoms with Gasteiger partial charge in [-0.3, -0.25) is 14.7 Å². The molecule has 2 aromatic rings. The van der Waals surface area contributed by atoms with Crippen LogP contribution in [0.15, 0.2) is 48.8 Å². The minimum atomic E-state index is 0.0374. The number of amides is 1. The van der Waals surface area contributed by atoms with Gasteiger partial charge in [0.25, 0.3) is 0 Å². The molecule has 4 heteroatoms. The van der Waals surface area contributed by atoms with Crippen molar-refractivity contribution < 1.29 is 4.79 Å². The van der Waals surface area contributed by atoms with Gasteiger partial charge in [0.2, 0.25) is 5.91 Å². The van der Waals surface area contributed by atoms with Gasteiger partial charge < -0.3 is 5.32 Å². The summed E-state index contributed by atoms with van der Waals surface area (Å²) in [6.07, 6.45) is 3.70. The highest BCUT2D eigenvalue weighted by Crippen LogP contribution is 2.29. The number of likely N-dealkylation sites (tertiary alicyclic amines) is 1. The fourth-order valence-corrected chi connectivity index (χ4v) is 3.32. The quantitative estimate of drug-likeness (QED) is 0.944. The van der Waals surface area contributed by atoms with E-state index in [4.69, 9.17) is 0 Å². The van der Waals surface area contributed by atoms with Gasteiger partial charge in [-0.05, 0) is 24.1 Å². The molecule has 1 amide bonds. The maximum atomic E-state index is 11.6. The summed E-state index contributed by atoms with van der Waals surface area (Å²) in [7, 11) is 0. The fourth-order valence-electron chi connectivity index (χ4n) is 3.32. The van der Waals surface area contributed by atoms with Crippen molar-refractivity contribution in [2.45, 2.75) is 32.4 Å². The third-order valence-corrected chi connectivity index (χ3v) is 4.42. The highest BCUT2D eigenvalue weighted by Gasteiger charge is 2.34. The van der Waals surface area contributed by atoms with Crippen LogP contribution < -0.4 is 5.32 Å². The molecule has 3 rings (SSSR count). The van der Waals surface area contributed by atoms with E-state index >= 15 is 0 Å². The molecule has 1 fully saturated rings. The lowest BCUT2D eigenvalue weighted by Gasteiger charge is -2.19. The van der Waals surface area contributed by atoms with E-state index in [1.165, 1.54) is 16.7 Å². The molecule has 0 radical (unpaired) electrons. The second-order valence-electron chi connectivity index (χ2n) is 6.38. The molecule has 1 N–H and O–H groups in total. The van der Waals surface area contributed by atoms with E-state index in [1.807, 2.05) is 12.3 Å². The van der Waals surface area contributed by atoms with E-state index in [1.54, 1.807) is 13.1 Å². The van der Waals surface area contributed by atoms with E-state index in [9.17, 15) is 4.79 Å². The molecule has 23 heavy (non-hydrogen) atoms. The molecule has 0 aliphatic carbocycles. The van der Waals surface area contributed by atoms with Crippen LogP contribution in [-0.4, -0.2) is 34.9 Å². The van der Waals surface area contributed by atoms with Gasteiger partial charge in [0.15, 0.2) is 0 Å². The predicted octanol–water partition coefficient (Wildman–Crippen LogP) is 2.49. The van der Waals surface area contributed by atoms with E-state index < -0.39 is 0 Å². The Morgan fingerprint density at radius 2 is 2.04 bits per heavy atom. The van der Waals surface area contributed by atoms with Gasteiger partial charge in [0, 0.05) is 50.9 Å². The number of aryl methyl sites for hydroxylation is 1. The van der Waals surface area contributed by atoms with Crippen LogP contribution in [0.25, 0.3) is 0 Å². The number of aromatic nitrogens is 1. The Balaban J connectivity index is 1.76. The zero-order chi connectivity index (χ0) is 16.2. The van der Waals surface area contributed by atoms with Crippen LogP contribution in [0.4, 0.5) is 0 Å². The molecule has 1 aromatic heterocycles. The Labute approximate surface area is 137 Å². The van der Waals surface area contributed by atoms with Crippen LogP contribution in [0.2, 0.25) is 0 Å². The van der Waals surface area contributed by atoms with Crippen molar-refractivity contribution in [3.63, 3.8) is 0 Å². The van der Waals surface area contributed by atoms with Crippen LogP contribution in [0.5, 0.6) is 0 Å². The lowest BCUT2D eigenvalue weighted by molar-refractivity contribution is -0.119. The SMILES string of the molecule is CC(=O)N[C@@H]1CN(Cc2cccnc2)C[C@H]1c1ccc(C)cc1. The summed E-state index contributed by atoms with van der Waals surface area (Å²) >= 11 is 0. The lowest BCUT2D eigenvalue weighted by Crippen LogP contribution is -2.38. The van der Waals surface area contributed by atoms with Gasteiger partial charge >= 0.3 is 0 Å². The number of carbonyl (C=O) groups excluding carboxylic acids is 1. The fraction of sp³-hybridized carbons (Fsp3) is 0.368. The first kappa shape index (κ1) is 15.7. The van der Waals surface area contributed by atoms with Crippen LogP contribution >= 0.6 is 0 Å². The van der Waals surface area contributed by atoms with Crippen molar-refractivity contribution in [1.82, 2.24) is 15.2 Å². The summed E-state index contributed by atoms with van der Waals surface area (Å²) in [4.78, 5) is 18.1. The van der Waals surface area contributed by atoms with Gasteiger partial charge in [-0.15, -0.1) is 0 Å². The molecule has 1 saturated heterocycles. The average molecular weight is 309 g/mol. The van der Waals surface area contributed by atoms with Crippen molar-refractivity contribution in [3.05, 3.63) is 65.5 Å². The molecule has 0 unspecified atom stereocenters. The van der Waals surface area contributed by atoms with Gasteiger partial charge in [-0.25, -0.2) is 0 Å². The zero-order valence-electron chi connectivity index (χ0n) is 13.7. The molecule has 0 spiro atoms. The number of hydrogen-bond donors (Lipinski definition) is 1. The van der Waals surface area contributed by atoms with Crippen LogP contribution in [0.3, 0.4) is 0 Å². The molecule has 4 nitrogen and oxygen atoms in total. The Hall–Kier alpha value is -2.20. The van der Waals surface area contributed by atoms with Crippen molar-refractivity contribution in [2.75, 3.05) is 13.1 Å². The first-order valence-corrected chi connectivity index (χ1v) is 8.07. The van der Waals surface area contributed by atoms with E-state index in [0.29, 0.717) is 5.92 Å². The first-order chi connectivity index (χ1) is 11.1. The number of nitrogens with zero attached hydrogens (tertiary/aromatic N) is 2. The molecule has 2 heterocycles. The van der Waals surface area contributed by atoms with Gasteiger partial charge in [-0.2, -0.15) is 0 Å². The molecule has 1 aliphatic rings. The number of hydrogen-bond acceptors (Lipinski definition) is 3. The normalized spacial score (nSPS) is 21.3. The Bertz CT molecular complexity index is 654. The number of rotatable bonds is 4. The van der Waals surface area contributed by atoms with Crippen molar-refractivity contribution >= 4 is 5.91 Å². The summed E-state index contributed by atoms with van der Waals surface area (Å²) in [5, 5.41) is 3.12. The molecule has 120 valence electrons. The predicted molar refractivity (Wildman–Crippen MR) is 91.0 cm³/mol. The van der Waals surface area contributed by atoms with Crippen LogP contribution in [-0.2, 0) is 11.3 Å². The van der Waals surface area contributed by atoms with E-state index in [2.05, 4.69) is 52.5 Å². The molecular weight excluding hydrogens is 286 g/mol. The van der Waals surface area contributed by atoms with Gasteiger partial charge in [0.1, 0.15) is 0 Å². The lowest BCUT2D eigenvalue weighted by atomic mass is 9.93. The summed E-state index contributed by atoms with van der Waals surface area (Å²) < 4.78 is 0. The minimum Gasteiger partial charge on any atom is -0.352 e. The largest absolute Gasteiger partial charge is 0.352 e. The highest BCUT2D eigenvalue weighted by atomic mass is 16.1. The van der Waals surface area contributed by atoms with Crippen LogP contribution in [0.1, 0.15) is 29.5 Å². The highest BCUT2D eigenvalue weighted by molar-refractivity contribution is 5.73. The van der Waals surface area contributed by atoms with Gasteiger partial charge in [0.05, 0.1) is 0 Å². The monoisotopic (exact) mass is 309 g/mol. The van der Waals surface area contributed by atoms with Crippen molar-refractivity contribution in [2.24, 2.45) is 0 Å². The maximum absolute atomic E-state index is 11.6. The molecule has 0 bridgehead atoms. The number of carbonyl (C=O) groups is 1. The molecule has 2 atom stereocenters. The van der Waals surface area contributed by atoms with Crippen molar-refractivity contribution in [3.8, 4) is 0 Å². The standard InChI is InChI=1S/C19H23N3O/c1-14-5-7-17(8-6-14)18-12-22(13-19(18)21-15(2)23)11-16-4-3-9-20-10-16/h3-10,18-19H,11-13H2,1-2H3,(H,21,23)/t18-,19+/m0/s1. The third-order valence-electron chi connectivity index (χ3n) is 4.42. The van der Waals surface area contributed by atoms with E-state index in [-0.39, 0.29) is 11.9 Å². The van der Waals surface area contributed by atoms with Crippen molar-refractivity contribution in [1.29, 1.82) is 0 Å². The average Bonchev–Trinajstić information content (AvgIpc) is 2.90. The summed E-state index contributed by atoms with van der Waals surface area (Å²) in [6.45, 7) is 6.37. The smallest absolute Gasteiger partial charge is 0.217 e. The Kier molecular flexibility index (Phi) is 4.72. The topological polar surface area (TPSA) is 45.2 Å². The maximum Gasteiger partial charge on any atom is 0.217 e. The molecule has 1 aliphatic heterocycles. The summed E-state index contributed by atoms with van der Waals surface area (Å²) in [6, 6.07) is 12.9. The summed E-state index contributed by atoms with van der Waals surface area (Å²) in [5.74, 6) is 0.367. The number of benzene rings is 1. The van der Waals surface area contributed by atoms with E-state index in [0.717, 1.165) is 19.6 Å². The molecule has 1 aromatic carbocycles. The minimum absolute atomic E-state index is 0.0374. The second kappa shape index (κ2) is 6.92. The van der Waals surface area contributed by atoms with Gasteiger partial charge in [-0.1, -0.05) is 35.9 Å². The van der Waals surface area contributed by atoms with Crippen LogP contribution in [0, 0.1) is 6.92 Å². The second-order valence-corrected chi connectivity index (χ2v) is 6.38. The number of pyridine rings is 1. The summed E-state index contributed by atoms with van der Waals surface area (Å²) in [5.41, 5.74) is 3.76. The zero-order valence-corrected chi connectivity index (χ0v) is 13.7. The third kappa shape index (κ3) is 3.96. The number of nitrogens with one attached hydrogen (secondary N) is 1. The molecular formula is C19H23N3O. The first-order valence-electron chi connectivity index (χ1n) is 8.07. The molecule has 0 saturated carbocycles. The Morgan fingerprint density at radius 1 is 1.26 bits per heavy atom. The Morgan fingerprint density at radius 3 is 2.70 bits per heavy atom.